The van der Waals surface area contributed by atoms with E-state index >= 15 is 0 Å². The number of benzene rings is 1. The van der Waals surface area contributed by atoms with Gasteiger partial charge in [0.25, 0.3) is 0 Å². The van der Waals surface area contributed by atoms with Crippen molar-refractivity contribution in [2.24, 2.45) is 0 Å². The first-order valence-corrected chi connectivity index (χ1v) is 11.8. The molecule has 0 bridgehead atoms. The first-order valence-electron chi connectivity index (χ1n) is 8.41. The van der Waals surface area contributed by atoms with Gasteiger partial charge in [-0.3, -0.25) is 0 Å². The summed E-state index contributed by atoms with van der Waals surface area (Å²) in [5, 5.41) is 3.51. The molecule has 1 atom stereocenters. The topological polar surface area (TPSA) is 43.4 Å². The third-order valence-electron chi connectivity index (χ3n) is 3.55. The zero-order valence-electron chi connectivity index (χ0n) is 15.1. The number of hydrogen-bond donors (Lipinski definition) is 1. The fourth-order valence-corrected chi connectivity index (χ4v) is 3.56. The Morgan fingerprint density at radius 1 is 1.04 bits per heavy atom. The summed E-state index contributed by atoms with van der Waals surface area (Å²) in [7, 11) is 0.0330. The third-order valence-corrected chi connectivity index (χ3v) is 4.54. The van der Waals surface area contributed by atoms with Crippen LogP contribution in [0.5, 0.6) is 5.88 Å². The molecule has 2 aromatic rings. The summed E-state index contributed by atoms with van der Waals surface area (Å²) < 4.78 is 11.5. The van der Waals surface area contributed by atoms with Crippen molar-refractivity contribution in [3.8, 4) is 5.88 Å². The van der Waals surface area contributed by atoms with Gasteiger partial charge in [-0.05, 0) is 31.3 Å². The first-order chi connectivity index (χ1) is 11.5. The summed E-state index contributed by atoms with van der Waals surface area (Å²) >= 11 is 0. The molecule has 4 nitrogen and oxygen atoms in total. The van der Waals surface area contributed by atoms with Crippen LogP contribution in [0, 0.1) is 0 Å². The van der Waals surface area contributed by atoms with E-state index in [2.05, 4.69) is 54.2 Å². The molecule has 5 heteroatoms. The van der Waals surface area contributed by atoms with Gasteiger partial charge < -0.3 is 14.5 Å². The van der Waals surface area contributed by atoms with Gasteiger partial charge >= 0.3 is 0 Å². The van der Waals surface area contributed by atoms with E-state index in [1.807, 2.05) is 24.3 Å². The normalized spacial score (nSPS) is 12.8. The second-order valence-corrected chi connectivity index (χ2v) is 11.2. The average molecular weight is 345 g/mol. The lowest BCUT2D eigenvalue weighted by molar-refractivity contribution is 0.194. The van der Waals surface area contributed by atoms with Gasteiger partial charge in [-0.2, -0.15) is 0 Å². The molecule has 0 aliphatic carbocycles. The minimum Gasteiger partial charge on any atom is -0.481 e. The number of methoxy groups -OCH3 is 1. The molecule has 0 aliphatic heterocycles. The van der Waals surface area contributed by atoms with Crippen molar-refractivity contribution in [1.29, 1.82) is 0 Å². The summed E-state index contributed by atoms with van der Waals surface area (Å²) in [6.07, 6.45) is 0.960. The van der Waals surface area contributed by atoms with Crippen LogP contribution in [-0.4, -0.2) is 33.5 Å². The highest BCUT2D eigenvalue weighted by molar-refractivity contribution is 6.69. The molecule has 0 radical (unpaired) electrons. The summed E-state index contributed by atoms with van der Waals surface area (Å²) in [6, 6.07) is 16.3. The standard InChI is InChI=1S/C19H28N2O2Si/c1-22-19-12-8-11-17(21-19)13-14-20-15-18(23-24(2,3)4)16-9-6-5-7-10-16/h5-12,18,20H,13-15H2,1-4H3/t18-/m1/s1. The van der Waals surface area contributed by atoms with Gasteiger partial charge in [0.05, 0.1) is 13.2 Å². The Bertz CT molecular complexity index is 614. The molecule has 0 unspecified atom stereocenters. The SMILES string of the molecule is COc1cccc(CCNC[C@@H](O[Si](C)(C)C)c2ccccc2)n1. The van der Waals surface area contributed by atoms with Crippen molar-refractivity contribution < 1.29 is 9.16 Å². The van der Waals surface area contributed by atoms with Gasteiger partial charge in [0.15, 0.2) is 8.32 Å². The highest BCUT2D eigenvalue weighted by Crippen LogP contribution is 2.21. The maximum absolute atomic E-state index is 6.35. The monoisotopic (exact) mass is 344 g/mol. The molecular weight excluding hydrogens is 316 g/mol. The molecule has 0 aliphatic rings. The first kappa shape index (κ1) is 18.6. The van der Waals surface area contributed by atoms with Crippen LogP contribution in [0.25, 0.3) is 0 Å². The molecular formula is C19H28N2O2Si. The second kappa shape index (κ2) is 8.96. The summed E-state index contributed by atoms with van der Waals surface area (Å²) in [4.78, 5) is 4.44. The van der Waals surface area contributed by atoms with Crippen molar-refractivity contribution in [3.05, 3.63) is 59.8 Å². The molecule has 1 N–H and O–H groups in total. The van der Waals surface area contributed by atoms with Gasteiger partial charge in [0, 0.05) is 31.3 Å². The quantitative estimate of drug-likeness (QED) is 0.555. The molecule has 0 fully saturated rings. The third kappa shape index (κ3) is 6.43. The van der Waals surface area contributed by atoms with Crippen LogP contribution < -0.4 is 10.1 Å². The zero-order valence-corrected chi connectivity index (χ0v) is 16.1. The molecule has 130 valence electrons. The number of ether oxygens (including phenoxy) is 1. The number of nitrogens with one attached hydrogen (secondary N) is 1. The number of hydrogen-bond acceptors (Lipinski definition) is 4. The van der Waals surface area contributed by atoms with E-state index in [1.165, 1.54) is 5.56 Å². The number of pyridine rings is 1. The van der Waals surface area contributed by atoms with E-state index in [4.69, 9.17) is 9.16 Å². The fourth-order valence-electron chi connectivity index (χ4n) is 2.48. The number of nitrogens with zero attached hydrogens (tertiary/aromatic N) is 1. The predicted molar refractivity (Wildman–Crippen MR) is 101 cm³/mol. The van der Waals surface area contributed by atoms with Crippen LogP contribution in [0.4, 0.5) is 0 Å². The van der Waals surface area contributed by atoms with Gasteiger partial charge in [-0.25, -0.2) is 4.98 Å². The van der Waals surface area contributed by atoms with Crippen molar-refractivity contribution in [3.63, 3.8) is 0 Å². The highest BCUT2D eigenvalue weighted by atomic mass is 28.4. The largest absolute Gasteiger partial charge is 0.481 e. The van der Waals surface area contributed by atoms with Crippen LogP contribution in [0.1, 0.15) is 17.4 Å². The number of rotatable bonds is 9. The van der Waals surface area contributed by atoms with E-state index in [1.54, 1.807) is 7.11 Å². The molecule has 0 spiro atoms. The van der Waals surface area contributed by atoms with E-state index in [0.717, 1.165) is 25.2 Å². The van der Waals surface area contributed by atoms with Crippen molar-refractivity contribution in [2.45, 2.75) is 32.2 Å². The van der Waals surface area contributed by atoms with Gasteiger partial charge in [0.2, 0.25) is 5.88 Å². The van der Waals surface area contributed by atoms with Crippen LogP contribution in [0.15, 0.2) is 48.5 Å². The van der Waals surface area contributed by atoms with Crippen LogP contribution in [0.3, 0.4) is 0 Å². The summed E-state index contributed by atoms with van der Waals surface area (Å²) in [6.45, 7) is 8.34. The van der Waals surface area contributed by atoms with E-state index in [-0.39, 0.29) is 6.10 Å². The second-order valence-electron chi connectivity index (χ2n) is 6.75. The minimum atomic E-state index is -1.61. The Balaban J connectivity index is 1.88. The van der Waals surface area contributed by atoms with Gasteiger partial charge in [0.1, 0.15) is 0 Å². The van der Waals surface area contributed by atoms with E-state index < -0.39 is 8.32 Å². The maximum atomic E-state index is 6.35. The lowest BCUT2D eigenvalue weighted by atomic mass is 10.1. The molecule has 1 aromatic carbocycles. The molecule has 24 heavy (non-hydrogen) atoms. The predicted octanol–water partition coefficient (Wildman–Crippen LogP) is 3.82. The minimum absolute atomic E-state index is 0.0936. The van der Waals surface area contributed by atoms with Gasteiger partial charge in [-0.15, -0.1) is 0 Å². The molecule has 1 aromatic heterocycles. The van der Waals surface area contributed by atoms with Crippen molar-refractivity contribution in [2.75, 3.05) is 20.2 Å². The highest BCUT2D eigenvalue weighted by Gasteiger charge is 2.22. The van der Waals surface area contributed by atoms with E-state index in [9.17, 15) is 0 Å². The Morgan fingerprint density at radius 3 is 2.46 bits per heavy atom. The molecule has 0 saturated heterocycles. The molecule has 1 heterocycles. The molecule has 0 saturated carbocycles. The van der Waals surface area contributed by atoms with Crippen LogP contribution >= 0.6 is 0 Å². The lowest BCUT2D eigenvalue weighted by Gasteiger charge is -2.27. The Labute approximate surface area is 146 Å². The van der Waals surface area contributed by atoms with E-state index in [0.29, 0.717) is 5.88 Å². The maximum Gasteiger partial charge on any atom is 0.213 e. The average Bonchev–Trinajstić information content (AvgIpc) is 2.57. The number of aromatic nitrogens is 1. The Kier molecular flexibility index (Phi) is 6.96. The summed E-state index contributed by atoms with van der Waals surface area (Å²) in [5.74, 6) is 0.664. The van der Waals surface area contributed by atoms with Crippen LogP contribution in [0.2, 0.25) is 19.6 Å². The smallest absolute Gasteiger partial charge is 0.213 e. The Hall–Kier alpha value is -1.69. The lowest BCUT2D eigenvalue weighted by Crippen LogP contribution is -2.33. The summed E-state index contributed by atoms with van der Waals surface area (Å²) in [5.41, 5.74) is 2.26. The van der Waals surface area contributed by atoms with Crippen molar-refractivity contribution in [1.82, 2.24) is 10.3 Å². The van der Waals surface area contributed by atoms with Crippen LogP contribution in [-0.2, 0) is 10.8 Å². The Morgan fingerprint density at radius 2 is 1.79 bits per heavy atom. The zero-order chi connectivity index (χ0) is 17.4. The van der Waals surface area contributed by atoms with Crippen molar-refractivity contribution >= 4 is 8.32 Å². The molecule has 0 amide bonds. The molecule has 2 rings (SSSR count). The van der Waals surface area contributed by atoms with Gasteiger partial charge in [-0.1, -0.05) is 36.4 Å². The fraction of sp³-hybridized carbons (Fsp3) is 0.421.